The second-order valence-electron chi connectivity index (χ2n) is 4.23. The van der Waals surface area contributed by atoms with E-state index in [-0.39, 0.29) is 12.5 Å². The Labute approximate surface area is 113 Å². The largest absolute Gasteiger partial charge is 0.376 e. The molecule has 0 aliphatic carbocycles. The van der Waals surface area contributed by atoms with Gasteiger partial charge in [-0.1, -0.05) is 23.8 Å². The third-order valence-corrected chi connectivity index (χ3v) is 2.74. The fourth-order valence-electron chi connectivity index (χ4n) is 1.56. The predicted octanol–water partition coefficient (Wildman–Crippen LogP) is 3.18. The minimum Gasteiger partial charge on any atom is -0.376 e. The first kappa shape index (κ1) is 14.6. The van der Waals surface area contributed by atoms with Crippen molar-refractivity contribution in [2.45, 2.75) is 13.8 Å². The van der Waals surface area contributed by atoms with Crippen LogP contribution in [0.5, 0.6) is 0 Å². The molecule has 0 aliphatic heterocycles. The number of likely N-dealkylation sites (N-methyl/N-ethyl adjacent to an activating group) is 1. The number of hydrogen-bond donors (Lipinski definition) is 1. The van der Waals surface area contributed by atoms with E-state index in [1.165, 1.54) is 0 Å². The van der Waals surface area contributed by atoms with Crippen LogP contribution in [0.1, 0.15) is 13.8 Å². The van der Waals surface area contributed by atoms with Crippen LogP contribution in [0.15, 0.2) is 36.4 Å². The summed E-state index contributed by atoms with van der Waals surface area (Å²) in [5, 5.41) is 3.76. The first-order chi connectivity index (χ1) is 8.52. The minimum atomic E-state index is 0.0652. The minimum absolute atomic E-state index is 0.0652. The Morgan fingerprint density at radius 1 is 1.39 bits per heavy atom. The molecule has 0 saturated heterocycles. The number of anilines is 1. The SMILES string of the molecule is C=C(C)CN(CC)C(=O)CNc1ccc(Cl)cc1. The van der Waals surface area contributed by atoms with Crippen molar-refractivity contribution >= 4 is 23.2 Å². The number of benzene rings is 1. The van der Waals surface area contributed by atoms with E-state index >= 15 is 0 Å². The van der Waals surface area contributed by atoms with Crippen molar-refractivity contribution in [3.05, 3.63) is 41.4 Å². The maximum Gasteiger partial charge on any atom is 0.242 e. The van der Waals surface area contributed by atoms with Gasteiger partial charge in [-0.25, -0.2) is 0 Å². The molecule has 1 aromatic carbocycles. The lowest BCUT2D eigenvalue weighted by atomic mass is 10.3. The summed E-state index contributed by atoms with van der Waals surface area (Å²) < 4.78 is 0. The van der Waals surface area contributed by atoms with Gasteiger partial charge in [-0.2, -0.15) is 0 Å². The summed E-state index contributed by atoms with van der Waals surface area (Å²) in [5.41, 5.74) is 1.87. The predicted molar refractivity (Wildman–Crippen MR) is 77.0 cm³/mol. The monoisotopic (exact) mass is 266 g/mol. The molecular weight excluding hydrogens is 248 g/mol. The normalized spacial score (nSPS) is 9.94. The van der Waals surface area contributed by atoms with E-state index in [1.807, 2.05) is 26.0 Å². The van der Waals surface area contributed by atoms with Crippen LogP contribution in [0.3, 0.4) is 0 Å². The molecule has 0 bridgehead atoms. The molecule has 3 nitrogen and oxygen atoms in total. The average molecular weight is 267 g/mol. The van der Waals surface area contributed by atoms with E-state index in [4.69, 9.17) is 11.6 Å². The Kier molecular flexibility index (Phi) is 5.72. The van der Waals surface area contributed by atoms with E-state index < -0.39 is 0 Å². The Balaban J connectivity index is 2.49. The van der Waals surface area contributed by atoms with Gasteiger partial charge >= 0.3 is 0 Å². The summed E-state index contributed by atoms with van der Waals surface area (Å²) in [6.45, 7) is 9.28. The molecule has 1 amide bonds. The Morgan fingerprint density at radius 3 is 2.50 bits per heavy atom. The molecule has 0 aliphatic rings. The Hall–Kier alpha value is -1.48. The van der Waals surface area contributed by atoms with Crippen LogP contribution in [0.2, 0.25) is 5.02 Å². The number of carbonyl (C=O) groups is 1. The van der Waals surface area contributed by atoms with Crippen LogP contribution in [0.4, 0.5) is 5.69 Å². The molecule has 0 spiro atoms. The zero-order valence-corrected chi connectivity index (χ0v) is 11.6. The number of halogens is 1. The topological polar surface area (TPSA) is 32.3 Å². The molecule has 4 heteroatoms. The van der Waals surface area contributed by atoms with Crippen LogP contribution < -0.4 is 5.32 Å². The standard InChI is InChI=1S/C14H19ClN2O/c1-4-17(10-11(2)3)14(18)9-16-13-7-5-12(15)6-8-13/h5-8,16H,2,4,9-10H2,1,3H3. The van der Waals surface area contributed by atoms with Crippen molar-refractivity contribution in [1.29, 1.82) is 0 Å². The summed E-state index contributed by atoms with van der Waals surface area (Å²) in [6, 6.07) is 7.29. The van der Waals surface area contributed by atoms with Gasteiger partial charge in [0.1, 0.15) is 0 Å². The van der Waals surface area contributed by atoms with Gasteiger partial charge in [0, 0.05) is 23.8 Å². The summed E-state index contributed by atoms with van der Waals surface area (Å²) in [6.07, 6.45) is 0. The molecule has 0 saturated carbocycles. The zero-order chi connectivity index (χ0) is 13.5. The summed E-state index contributed by atoms with van der Waals surface area (Å²) in [5.74, 6) is 0.0652. The molecule has 0 radical (unpaired) electrons. The first-order valence-electron chi connectivity index (χ1n) is 5.94. The van der Waals surface area contributed by atoms with Crippen molar-refractivity contribution in [2.75, 3.05) is 25.0 Å². The highest BCUT2D eigenvalue weighted by molar-refractivity contribution is 6.30. The highest BCUT2D eigenvalue weighted by Gasteiger charge is 2.10. The number of nitrogens with one attached hydrogen (secondary N) is 1. The van der Waals surface area contributed by atoms with Crippen LogP contribution in [0, 0.1) is 0 Å². The lowest BCUT2D eigenvalue weighted by Crippen LogP contribution is -2.36. The molecule has 1 N–H and O–H groups in total. The van der Waals surface area contributed by atoms with E-state index in [2.05, 4.69) is 11.9 Å². The van der Waals surface area contributed by atoms with Crippen LogP contribution in [-0.4, -0.2) is 30.4 Å². The van der Waals surface area contributed by atoms with Gasteiger partial charge in [-0.05, 0) is 38.1 Å². The molecule has 98 valence electrons. The van der Waals surface area contributed by atoms with Gasteiger partial charge in [-0.15, -0.1) is 0 Å². The van der Waals surface area contributed by atoms with Crippen molar-refractivity contribution in [3.63, 3.8) is 0 Å². The summed E-state index contributed by atoms with van der Waals surface area (Å²) >= 11 is 5.79. The molecule has 1 rings (SSSR count). The molecule has 0 heterocycles. The van der Waals surface area contributed by atoms with E-state index in [9.17, 15) is 4.79 Å². The maximum absolute atomic E-state index is 11.9. The van der Waals surface area contributed by atoms with Crippen LogP contribution in [-0.2, 0) is 4.79 Å². The molecule has 1 aromatic rings. The van der Waals surface area contributed by atoms with Gasteiger partial charge in [0.15, 0.2) is 0 Å². The molecule has 0 fully saturated rings. The fraction of sp³-hybridized carbons (Fsp3) is 0.357. The summed E-state index contributed by atoms with van der Waals surface area (Å²) in [7, 11) is 0. The number of carbonyl (C=O) groups excluding carboxylic acids is 1. The average Bonchev–Trinajstić information content (AvgIpc) is 2.34. The molecule has 18 heavy (non-hydrogen) atoms. The van der Waals surface area contributed by atoms with Crippen molar-refractivity contribution in [2.24, 2.45) is 0 Å². The number of hydrogen-bond acceptors (Lipinski definition) is 2. The fourth-order valence-corrected chi connectivity index (χ4v) is 1.69. The van der Waals surface area contributed by atoms with Crippen LogP contribution >= 0.6 is 11.6 Å². The van der Waals surface area contributed by atoms with Crippen molar-refractivity contribution in [3.8, 4) is 0 Å². The highest BCUT2D eigenvalue weighted by Crippen LogP contribution is 2.13. The van der Waals surface area contributed by atoms with Crippen LogP contribution in [0.25, 0.3) is 0 Å². The lowest BCUT2D eigenvalue weighted by Gasteiger charge is -2.21. The number of amides is 1. The maximum atomic E-state index is 11.9. The molecule has 0 unspecified atom stereocenters. The molecule has 0 atom stereocenters. The van der Waals surface area contributed by atoms with E-state index in [0.29, 0.717) is 18.1 Å². The second kappa shape index (κ2) is 7.07. The number of nitrogens with zero attached hydrogens (tertiary/aromatic N) is 1. The lowest BCUT2D eigenvalue weighted by molar-refractivity contribution is -0.128. The second-order valence-corrected chi connectivity index (χ2v) is 4.66. The third kappa shape index (κ3) is 4.80. The Bertz CT molecular complexity index is 414. The van der Waals surface area contributed by atoms with Crippen molar-refractivity contribution in [1.82, 2.24) is 4.90 Å². The van der Waals surface area contributed by atoms with Gasteiger partial charge in [0.05, 0.1) is 6.54 Å². The zero-order valence-electron chi connectivity index (χ0n) is 10.9. The Morgan fingerprint density at radius 2 is 2.00 bits per heavy atom. The first-order valence-corrected chi connectivity index (χ1v) is 6.32. The van der Waals surface area contributed by atoms with Crippen molar-refractivity contribution < 1.29 is 4.79 Å². The van der Waals surface area contributed by atoms with E-state index in [1.54, 1.807) is 17.0 Å². The van der Waals surface area contributed by atoms with Gasteiger partial charge in [-0.3, -0.25) is 4.79 Å². The smallest absolute Gasteiger partial charge is 0.242 e. The van der Waals surface area contributed by atoms with Gasteiger partial charge in [0.25, 0.3) is 0 Å². The van der Waals surface area contributed by atoms with E-state index in [0.717, 1.165) is 11.3 Å². The van der Waals surface area contributed by atoms with Gasteiger partial charge < -0.3 is 10.2 Å². The molecule has 0 aromatic heterocycles. The quantitative estimate of drug-likeness (QED) is 0.802. The third-order valence-electron chi connectivity index (χ3n) is 2.48. The molecular formula is C14H19ClN2O. The highest BCUT2D eigenvalue weighted by atomic mass is 35.5. The summed E-state index contributed by atoms with van der Waals surface area (Å²) in [4.78, 5) is 13.7. The number of rotatable bonds is 6. The van der Waals surface area contributed by atoms with Gasteiger partial charge in [0.2, 0.25) is 5.91 Å².